The van der Waals surface area contributed by atoms with Gasteiger partial charge in [0, 0.05) is 35.9 Å². The molecule has 0 saturated carbocycles. The van der Waals surface area contributed by atoms with Gasteiger partial charge in [-0.3, -0.25) is 4.90 Å². The van der Waals surface area contributed by atoms with Crippen molar-refractivity contribution in [3.05, 3.63) is 82.3 Å². The molecular formula is C32H31F2N5O5. The Labute approximate surface area is 252 Å². The number of ether oxygens (including phenoxy) is 3. The summed E-state index contributed by atoms with van der Waals surface area (Å²) in [5, 5.41) is 18.5. The molecule has 2 aromatic carbocycles. The van der Waals surface area contributed by atoms with Gasteiger partial charge in [-0.25, -0.2) is 23.5 Å². The molecule has 2 aliphatic rings. The van der Waals surface area contributed by atoms with Gasteiger partial charge in [0.05, 0.1) is 37.9 Å². The number of nitrogens with zero attached hydrogens (tertiary/aromatic N) is 5. The summed E-state index contributed by atoms with van der Waals surface area (Å²) < 4.78 is 48.3. The second-order valence-electron chi connectivity index (χ2n) is 11.0. The van der Waals surface area contributed by atoms with Crippen LogP contribution in [-0.2, 0) is 24.4 Å². The predicted molar refractivity (Wildman–Crippen MR) is 154 cm³/mol. The van der Waals surface area contributed by atoms with Gasteiger partial charge in [0.25, 0.3) is 0 Å². The van der Waals surface area contributed by atoms with Gasteiger partial charge in [0.2, 0.25) is 5.88 Å². The zero-order valence-electron chi connectivity index (χ0n) is 24.1. The van der Waals surface area contributed by atoms with E-state index >= 15 is 4.39 Å². The van der Waals surface area contributed by atoms with Crippen molar-refractivity contribution in [2.24, 2.45) is 0 Å². The maximum absolute atomic E-state index is 15.5. The van der Waals surface area contributed by atoms with Gasteiger partial charge < -0.3 is 23.9 Å². The lowest BCUT2D eigenvalue weighted by molar-refractivity contribution is -0.0592. The fraction of sp³-hybridized carbons (Fsp3) is 0.375. The number of piperidine rings is 1. The minimum Gasteiger partial charge on any atom is -0.494 e. The van der Waals surface area contributed by atoms with Crippen LogP contribution in [-0.4, -0.2) is 63.4 Å². The molecule has 4 aromatic rings. The Morgan fingerprint density at radius 1 is 1.16 bits per heavy atom. The Morgan fingerprint density at radius 3 is 2.61 bits per heavy atom. The Bertz CT molecular complexity index is 1740. The monoisotopic (exact) mass is 603 g/mol. The van der Waals surface area contributed by atoms with Gasteiger partial charge in [-0.05, 0) is 50.6 Å². The van der Waals surface area contributed by atoms with Crippen LogP contribution in [0.3, 0.4) is 0 Å². The van der Waals surface area contributed by atoms with E-state index in [0.29, 0.717) is 42.5 Å². The number of carbonyl (C=O) groups is 1. The van der Waals surface area contributed by atoms with E-state index in [1.807, 2.05) is 18.2 Å². The first-order valence-electron chi connectivity index (χ1n) is 14.5. The van der Waals surface area contributed by atoms with Crippen LogP contribution in [0.15, 0.2) is 42.5 Å². The topological polar surface area (TPSA) is 123 Å². The van der Waals surface area contributed by atoms with Crippen LogP contribution in [0.5, 0.6) is 11.6 Å². The van der Waals surface area contributed by atoms with Gasteiger partial charge in [0.1, 0.15) is 40.6 Å². The molecule has 2 aliphatic heterocycles. The molecule has 0 radical (unpaired) electrons. The molecule has 10 nitrogen and oxygen atoms in total. The number of pyridine rings is 1. The van der Waals surface area contributed by atoms with Crippen molar-refractivity contribution in [3.8, 4) is 17.7 Å². The maximum Gasteiger partial charge on any atom is 0.338 e. The van der Waals surface area contributed by atoms with Crippen LogP contribution in [0, 0.1) is 23.0 Å². The number of carboxylic acid groups (broad SMARTS) is 1. The number of hydrogen-bond acceptors (Lipinski definition) is 8. The fourth-order valence-electron chi connectivity index (χ4n) is 5.76. The van der Waals surface area contributed by atoms with Gasteiger partial charge >= 0.3 is 5.97 Å². The van der Waals surface area contributed by atoms with Crippen molar-refractivity contribution < 1.29 is 32.9 Å². The van der Waals surface area contributed by atoms with Crippen LogP contribution in [0.2, 0.25) is 0 Å². The van der Waals surface area contributed by atoms with E-state index in [-0.39, 0.29) is 35.5 Å². The molecule has 2 aromatic heterocycles. The average molecular weight is 604 g/mol. The quantitative estimate of drug-likeness (QED) is 0.266. The van der Waals surface area contributed by atoms with E-state index in [1.54, 1.807) is 16.7 Å². The lowest BCUT2D eigenvalue weighted by Gasteiger charge is -2.32. The SMILES string of the molecule is COc1cc(C(=O)O)c(F)c2c1nc(CN1CCC(c3cccc(OCc4ccc(C#N)cc4F)n3)CC1)n2C[C@@H]1CCO1. The predicted octanol–water partition coefficient (Wildman–Crippen LogP) is 5.04. The molecule has 0 amide bonds. The highest BCUT2D eigenvalue weighted by Gasteiger charge is 2.29. The standard InChI is InChI=1S/C32H31F2N5O5/c1-42-26-14-23(32(40)41)29(34)31-30(26)37-27(39(31)16-22-9-12-43-22)17-38-10-7-20(8-11-38)25-3-2-4-28(36-25)44-18-21-6-5-19(15-35)13-24(21)33/h2-6,13-14,20,22H,7-12,16-18H2,1H3,(H,40,41)/t22-/m0/s1. The number of likely N-dealkylation sites (tertiary alicyclic amines) is 1. The van der Waals surface area contributed by atoms with Crippen LogP contribution in [0.1, 0.15) is 58.2 Å². The number of rotatable bonds is 10. The number of benzene rings is 2. The van der Waals surface area contributed by atoms with Gasteiger partial charge in [-0.1, -0.05) is 12.1 Å². The molecule has 4 heterocycles. The van der Waals surface area contributed by atoms with Crippen molar-refractivity contribution in [2.45, 2.75) is 51.0 Å². The highest BCUT2D eigenvalue weighted by Crippen LogP contribution is 2.34. The smallest absolute Gasteiger partial charge is 0.338 e. The number of carboxylic acids is 1. The van der Waals surface area contributed by atoms with Gasteiger partial charge in [-0.2, -0.15) is 5.26 Å². The zero-order valence-corrected chi connectivity index (χ0v) is 24.1. The molecule has 1 atom stereocenters. The Morgan fingerprint density at radius 2 is 1.95 bits per heavy atom. The molecule has 1 N–H and O–H groups in total. The van der Waals surface area contributed by atoms with Crippen LogP contribution >= 0.6 is 0 Å². The third-order valence-electron chi connectivity index (χ3n) is 8.30. The summed E-state index contributed by atoms with van der Waals surface area (Å²) in [5.41, 5.74) is 1.44. The molecule has 44 heavy (non-hydrogen) atoms. The third kappa shape index (κ3) is 5.93. The van der Waals surface area contributed by atoms with Crippen molar-refractivity contribution in [1.29, 1.82) is 5.26 Å². The lowest BCUT2D eigenvalue weighted by atomic mass is 9.93. The van der Waals surface area contributed by atoms with Crippen molar-refractivity contribution in [3.63, 3.8) is 0 Å². The van der Waals surface area contributed by atoms with E-state index in [9.17, 15) is 14.3 Å². The molecule has 0 aliphatic carbocycles. The summed E-state index contributed by atoms with van der Waals surface area (Å²) in [6.07, 6.45) is 2.39. The van der Waals surface area contributed by atoms with E-state index in [4.69, 9.17) is 24.5 Å². The number of nitriles is 1. The Kier molecular flexibility index (Phi) is 8.41. The lowest BCUT2D eigenvalue weighted by Crippen LogP contribution is -2.35. The Hall–Kier alpha value is -4.60. The number of hydrogen-bond donors (Lipinski definition) is 1. The number of aromatic nitrogens is 3. The number of methoxy groups -OCH3 is 1. The van der Waals surface area contributed by atoms with Crippen molar-refractivity contribution >= 4 is 17.0 Å². The summed E-state index contributed by atoms with van der Waals surface area (Å²) >= 11 is 0. The van der Waals surface area contributed by atoms with Gasteiger partial charge in [-0.15, -0.1) is 0 Å². The first-order valence-corrected chi connectivity index (χ1v) is 14.5. The number of fused-ring (bicyclic) bond motifs is 1. The number of aromatic carboxylic acids is 1. The minimum absolute atomic E-state index is 0.00131. The molecule has 0 unspecified atom stereocenters. The van der Waals surface area contributed by atoms with E-state index < -0.39 is 23.2 Å². The summed E-state index contributed by atoms with van der Waals surface area (Å²) in [6.45, 7) is 2.95. The molecule has 228 valence electrons. The number of halogens is 2. The zero-order chi connectivity index (χ0) is 30.8. The maximum atomic E-state index is 15.5. The van der Waals surface area contributed by atoms with Crippen LogP contribution in [0.4, 0.5) is 8.78 Å². The molecule has 6 rings (SSSR count). The highest BCUT2D eigenvalue weighted by molar-refractivity contribution is 5.96. The third-order valence-corrected chi connectivity index (χ3v) is 8.30. The second-order valence-corrected chi connectivity index (χ2v) is 11.0. The summed E-state index contributed by atoms with van der Waals surface area (Å²) in [4.78, 5) is 23.4. The summed E-state index contributed by atoms with van der Waals surface area (Å²) in [7, 11) is 1.41. The highest BCUT2D eigenvalue weighted by atomic mass is 19.1. The second kappa shape index (κ2) is 12.6. The summed E-state index contributed by atoms with van der Waals surface area (Å²) in [6, 6.07) is 12.9. The minimum atomic E-state index is -1.37. The van der Waals surface area contributed by atoms with Crippen LogP contribution < -0.4 is 9.47 Å². The molecule has 2 saturated heterocycles. The largest absolute Gasteiger partial charge is 0.494 e. The fourth-order valence-corrected chi connectivity index (χ4v) is 5.76. The molecular weight excluding hydrogens is 572 g/mol. The number of imidazole rings is 1. The van der Waals surface area contributed by atoms with Crippen molar-refractivity contribution in [1.82, 2.24) is 19.4 Å². The first kappa shape index (κ1) is 29.5. The van der Waals surface area contributed by atoms with E-state index in [2.05, 4.69) is 9.88 Å². The van der Waals surface area contributed by atoms with Crippen LogP contribution in [0.25, 0.3) is 11.0 Å². The normalized spacial score (nSPS) is 17.3. The molecule has 0 bridgehead atoms. The van der Waals surface area contributed by atoms with Gasteiger partial charge in [0.15, 0.2) is 5.82 Å². The molecule has 2 fully saturated rings. The van der Waals surface area contributed by atoms with Crippen molar-refractivity contribution in [2.75, 3.05) is 26.8 Å². The molecule has 0 spiro atoms. The molecule has 12 heteroatoms. The average Bonchev–Trinajstić information content (AvgIpc) is 3.37. The Balaban J connectivity index is 1.15. The first-order chi connectivity index (χ1) is 21.3. The summed E-state index contributed by atoms with van der Waals surface area (Å²) in [5.74, 6) is -1.27. The van der Waals surface area contributed by atoms with E-state index in [1.165, 1.54) is 25.3 Å². The van der Waals surface area contributed by atoms with E-state index in [0.717, 1.165) is 38.0 Å².